The van der Waals surface area contributed by atoms with Crippen LogP contribution in [-0.2, 0) is 9.84 Å². The lowest BCUT2D eigenvalue weighted by molar-refractivity contribution is 0.569. The number of hydrogen-bond acceptors (Lipinski definition) is 5. The molecule has 2 atom stereocenters. The molecule has 0 bridgehead atoms. The number of pyridine rings is 3. The highest BCUT2D eigenvalue weighted by atomic mass is 35.5. The summed E-state index contributed by atoms with van der Waals surface area (Å²) < 4.78 is 69.8. The molecule has 1 aliphatic carbocycles. The Kier molecular flexibility index (Phi) is 6.54. The fourth-order valence-corrected chi connectivity index (χ4v) is 5.96. The van der Waals surface area contributed by atoms with E-state index in [1.807, 2.05) is 0 Å². The van der Waals surface area contributed by atoms with Gasteiger partial charge in [0.05, 0.1) is 5.69 Å². The first kappa shape index (κ1) is 26.9. The molecule has 7 nitrogen and oxygen atoms in total. The SMILES string of the molecule is Cc1cnc(-c2cccc(S(C)(=O)=O)c2F)c(F)c1-n1c(C)cc([C@@H]2CC2c2cc(F)c[nH]c2=O)c(Cl)c1=O. The van der Waals surface area contributed by atoms with Crippen molar-refractivity contribution in [2.45, 2.75) is 37.0 Å². The van der Waals surface area contributed by atoms with Crippen LogP contribution in [0.25, 0.3) is 16.9 Å². The third-order valence-electron chi connectivity index (χ3n) is 6.87. The average Bonchev–Trinajstić information content (AvgIpc) is 3.65. The first-order valence-corrected chi connectivity index (χ1v) is 14.0. The van der Waals surface area contributed by atoms with E-state index in [9.17, 15) is 22.4 Å². The van der Waals surface area contributed by atoms with Gasteiger partial charge in [-0.2, -0.15) is 0 Å². The molecule has 4 aromatic rings. The predicted octanol–water partition coefficient (Wildman–Crippen LogP) is 4.95. The molecule has 1 fully saturated rings. The van der Waals surface area contributed by atoms with E-state index in [1.165, 1.54) is 25.3 Å². The summed E-state index contributed by atoms with van der Waals surface area (Å²) in [6, 6.07) is 6.29. The monoisotopic (exact) mass is 575 g/mol. The largest absolute Gasteiger partial charge is 0.326 e. The van der Waals surface area contributed by atoms with Crippen LogP contribution in [0.15, 0.2) is 57.2 Å². The number of halogens is 4. The van der Waals surface area contributed by atoms with Crippen LogP contribution >= 0.6 is 11.6 Å². The zero-order valence-electron chi connectivity index (χ0n) is 20.9. The maximum absolute atomic E-state index is 16.0. The van der Waals surface area contributed by atoms with E-state index in [0.29, 0.717) is 17.7 Å². The average molecular weight is 576 g/mol. The van der Waals surface area contributed by atoms with E-state index < -0.39 is 49.0 Å². The number of rotatable bonds is 5. The molecule has 202 valence electrons. The van der Waals surface area contributed by atoms with E-state index in [2.05, 4.69) is 9.97 Å². The predicted molar refractivity (Wildman–Crippen MR) is 140 cm³/mol. The Morgan fingerprint density at radius 2 is 1.74 bits per heavy atom. The minimum absolute atomic E-state index is 0.191. The molecule has 0 aliphatic heterocycles. The van der Waals surface area contributed by atoms with Gasteiger partial charge in [0, 0.05) is 35.5 Å². The molecule has 1 aromatic carbocycles. The fraction of sp³-hybridized carbons (Fsp3) is 0.222. The number of nitrogens with zero attached hydrogens (tertiary/aromatic N) is 2. The maximum atomic E-state index is 16.0. The lowest BCUT2D eigenvalue weighted by Crippen LogP contribution is -2.24. The second-order valence-electron chi connectivity index (χ2n) is 9.59. The van der Waals surface area contributed by atoms with Crippen molar-refractivity contribution in [1.82, 2.24) is 14.5 Å². The molecule has 1 unspecified atom stereocenters. The topological polar surface area (TPSA) is 102 Å². The highest BCUT2D eigenvalue weighted by Gasteiger charge is 2.43. The molecule has 0 spiro atoms. The van der Waals surface area contributed by atoms with Gasteiger partial charge in [0.1, 0.15) is 21.4 Å². The summed E-state index contributed by atoms with van der Waals surface area (Å²) in [5.74, 6) is -3.44. The van der Waals surface area contributed by atoms with Gasteiger partial charge in [0.25, 0.3) is 11.1 Å². The molecule has 12 heteroatoms. The lowest BCUT2D eigenvalue weighted by atomic mass is 10.0. The van der Waals surface area contributed by atoms with Crippen molar-refractivity contribution in [3.05, 3.63) is 108 Å². The second-order valence-corrected chi connectivity index (χ2v) is 12.0. The molecule has 3 heterocycles. The summed E-state index contributed by atoms with van der Waals surface area (Å²) in [5.41, 5.74) is -0.990. The summed E-state index contributed by atoms with van der Waals surface area (Å²) in [6.07, 6.45) is 3.52. The van der Waals surface area contributed by atoms with Gasteiger partial charge in [-0.1, -0.05) is 17.7 Å². The molecular formula is C27H21ClF3N3O4S. The summed E-state index contributed by atoms with van der Waals surface area (Å²) in [4.78, 5) is 31.4. The minimum Gasteiger partial charge on any atom is -0.326 e. The number of H-pyrrole nitrogens is 1. The number of sulfone groups is 1. The van der Waals surface area contributed by atoms with E-state index in [4.69, 9.17) is 11.6 Å². The molecule has 5 rings (SSSR count). The van der Waals surface area contributed by atoms with Gasteiger partial charge in [-0.3, -0.25) is 19.1 Å². The Morgan fingerprint density at radius 1 is 1.05 bits per heavy atom. The summed E-state index contributed by atoms with van der Waals surface area (Å²) >= 11 is 6.48. The van der Waals surface area contributed by atoms with Crippen molar-refractivity contribution in [2.24, 2.45) is 0 Å². The summed E-state index contributed by atoms with van der Waals surface area (Å²) in [5, 5.41) is -0.191. The van der Waals surface area contributed by atoms with E-state index >= 15 is 8.78 Å². The van der Waals surface area contributed by atoms with Crippen LogP contribution in [0.4, 0.5) is 13.2 Å². The number of hydrogen-bond donors (Lipinski definition) is 1. The highest BCUT2D eigenvalue weighted by molar-refractivity contribution is 7.90. The van der Waals surface area contributed by atoms with Crippen molar-refractivity contribution >= 4 is 21.4 Å². The van der Waals surface area contributed by atoms with Crippen LogP contribution in [-0.4, -0.2) is 29.2 Å². The fourth-order valence-electron chi connectivity index (χ4n) is 4.92. The van der Waals surface area contributed by atoms with Crippen LogP contribution in [0, 0.1) is 31.3 Å². The summed E-state index contributed by atoms with van der Waals surface area (Å²) in [6.45, 7) is 3.08. The third kappa shape index (κ3) is 4.59. The van der Waals surface area contributed by atoms with Crippen LogP contribution < -0.4 is 11.1 Å². The third-order valence-corrected chi connectivity index (χ3v) is 8.36. The van der Waals surface area contributed by atoms with Gasteiger partial charge < -0.3 is 4.98 Å². The Labute approximate surface area is 225 Å². The number of aromatic amines is 1. The van der Waals surface area contributed by atoms with Gasteiger partial charge in [0.15, 0.2) is 21.5 Å². The Bertz CT molecular complexity index is 1900. The van der Waals surface area contributed by atoms with Crippen molar-refractivity contribution < 1.29 is 21.6 Å². The molecule has 1 saturated carbocycles. The Morgan fingerprint density at radius 3 is 2.44 bits per heavy atom. The maximum Gasteiger partial charge on any atom is 0.274 e. The standard InChI is InChI=1S/C27H21ClF3N3O4S/c1-12-10-32-24(15-5-4-6-20(22(15)30)39(3,37)38)23(31)25(12)34-13(2)7-18(21(28)27(34)36)16-9-17(16)19-8-14(29)11-33-26(19)35/h4-8,10-11,16-17H,9H2,1-3H3,(H,33,35)/t16-,17?/m1/s1. The molecule has 0 amide bonds. The van der Waals surface area contributed by atoms with Gasteiger partial charge >= 0.3 is 0 Å². The quantitative estimate of drug-likeness (QED) is 0.363. The second kappa shape index (κ2) is 9.49. The number of aryl methyl sites for hydroxylation is 2. The molecule has 1 N–H and O–H groups in total. The molecule has 1 aliphatic rings. The number of nitrogens with one attached hydrogen (secondary N) is 1. The Hall–Kier alpha value is -3.70. The summed E-state index contributed by atoms with van der Waals surface area (Å²) in [7, 11) is -3.94. The van der Waals surface area contributed by atoms with Crippen LogP contribution in [0.1, 0.15) is 40.6 Å². The highest BCUT2D eigenvalue weighted by Crippen LogP contribution is 2.55. The zero-order valence-corrected chi connectivity index (χ0v) is 22.4. The van der Waals surface area contributed by atoms with Gasteiger partial charge in [0.2, 0.25) is 0 Å². The molecular weight excluding hydrogens is 555 g/mol. The number of benzene rings is 1. The number of aromatic nitrogens is 3. The van der Waals surface area contributed by atoms with Gasteiger partial charge in [-0.15, -0.1) is 0 Å². The smallest absolute Gasteiger partial charge is 0.274 e. The minimum atomic E-state index is -3.94. The van der Waals surface area contributed by atoms with Crippen LogP contribution in [0.2, 0.25) is 5.02 Å². The molecule has 0 radical (unpaired) electrons. The normalized spacial score (nSPS) is 16.9. The van der Waals surface area contributed by atoms with Crippen molar-refractivity contribution in [2.75, 3.05) is 6.26 Å². The molecule has 39 heavy (non-hydrogen) atoms. The lowest BCUT2D eigenvalue weighted by Gasteiger charge is -2.18. The van der Waals surface area contributed by atoms with Crippen molar-refractivity contribution in [3.63, 3.8) is 0 Å². The van der Waals surface area contributed by atoms with Crippen molar-refractivity contribution in [3.8, 4) is 16.9 Å². The Balaban J connectivity index is 1.63. The molecule has 0 saturated heterocycles. The van der Waals surface area contributed by atoms with Crippen LogP contribution in [0.5, 0.6) is 0 Å². The van der Waals surface area contributed by atoms with E-state index in [0.717, 1.165) is 29.2 Å². The first-order chi connectivity index (χ1) is 18.3. The van der Waals surface area contributed by atoms with E-state index in [-0.39, 0.29) is 39.2 Å². The van der Waals surface area contributed by atoms with E-state index in [1.54, 1.807) is 13.0 Å². The van der Waals surface area contributed by atoms with Crippen LogP contribution in [0.3, 0.4) is 0 Å². The van der Waals surface area contributed by atoms with Gasteiger partial charge in [-0.25, -0.2) is 21.6 Å². The molecule has 3 aromatic heterocycles. The van der Waals surface area contributed by atoms with Crippen molar-refractivity contribution in [1.29, 1.82) is 0 Å². The zero-order chi connectivity index (χ0) is 28.4. The first-order valence-electron chi connectivity index (χ1n) is 11.8. The van der Waals surface area contributed by atoms with Gasteiger partial charge in [-0.05, 0) is 67.5 Å².